The van der Waals surface area contributed by atoms with Crippen molar-refractivity contribution in [2.45, 2.75) is 24.7 Å². The van der Waals surface area contributed by atoms with E-state index in [0.717, 1.165) is 0 Å². The van der Waals surface area contributed by atoms with E-state index >= 15 is 0 Å². The Bertz CT molecular complexity index is 419. The van der Waals surface area contributed by atoms with Crippen molar-refractivity contribution in [3.8, 4) is 0 Å². The summed E-state index contributed by atoms with van der Waals surface area (Å²) in [5, 5.41) is 29.3. The molecule has 1 aromatic heterocycles. The van der Waals surface area contributed by atoms with Crippen LogP contribution in [0, 0.1) is 10.1 Å². The van der Waals surface area contributed by atoms with Gasteiger partial charge in [-0.3, -0.25) is 10.1 Å². The Kier molecular flexibility index (Phi) is 3.14. The second-order valence-corrected chi connectivity index (χ2v) is 4.24. The predicted octanol–water partition coefficient (Wildman–Crippen LogP) is 0.429. The summed E-state index contributed by atoms with van der Waals surface area (Å²) in [6.07, 6.45) is 3.06. The van der Waals surface area contributed by atoms with E-state index in [1.54, 1.807) is 10.8 Å². The van der Waals surface area contributed by atoms with Crippen LogP contribution in [0.4, 0.5) is 5.69 Å². The van der Waals surface area contributed by atoms with Crippen LogP contribution in [-0.2, 0) is 4.74 Å². The normalized spacial score (nSPS) is 28.5. The van der Waals surface area contributed by atoms with Crippen LogP contribution < -0.4 is 0 Å². The predicted molar refractivity (Wildman–Crippen MR) is 57.3 cm³/mol. The van der Waals surface area contributed by atoms with Gasteiger partial charge in [-0.25, -0.2) is 0 Å². The fourth-order valence-corrected chi connectivity index (χ4v) is 1.96. The van der Waals surface area contributed by atoms with Gasteiger partial charge < -0.3 is 19.5 Å². The summed E-state index contributed by atoms with van der Waals surface area (Å²) in [6.45, 7) is 0.0165. The zero-order valence-electron chi connectivity index (χ0n) is 9.15. The van der Waals surface area contributed by atoms with E-state index in [0.29, 0.717) is 6.42 Å². The number of nitrogens with zero attached hydrogens (tertiary/aromatic N) is 2. The van der Waals surface area contributed by atoms with Gasteiger partial charge in [0.15, 0.2) is 0 Å². The quantitative estimate of drug-likeness (QED) is 0.589. The number of aliphatic hydroxyl groups is 2. The molecule has 7 heteroatoms. The molecule has 0 aliphatic carbocycles. The number of aromatic nitrogens is 1. The van der Waals surface area contributed by atoms with E-state index in [9.17, 15) is 15.2 Å². The number of ether oxygens (including phenoxy) is 1. The van der Waals surface area contributed by atoms with Crippen molar-refractivity contribution in [3.05, 3.63) is 28.6 Å². The van der Waals surface area contributed by atoms with Crippen molar-refractivity contribution in [1.82, 2.24) is 4.57 Å². The zero-order chi connectivity index (χ0) is 12.5. The maximum Gasteiger partial charge on any atom is 0.286 e. The highest BCUT2D eigenvalue weighted by molar-refractivity contribution is 5.26. The molecule has 2 rings (SSSR count). The molecule has 2 N–H and O–H groups in total. The summed E-state index contributed by atoms with van der Waals surface area (Å²) >= 11 is 0. The van der Waals surface area contributed by atoms with Gasteiger partial charge in [0.1, 0.15) is 6.23 Å². The number of nitro groups is 1. The molecule has 0 radical (unpaired) electrons. The molecule has 1 aliphatic heterocycles. The Hall–Kier alpha value is -1.44. The van der Waals surface area contributed by atoms with Gasteiger partial charge in [0.05, 0.1) is 23.3 Å². The molecule has 0 bridgehead atoms. The van der Waals surface area contributed by atoms with E-state index in [1.807, 2.05) is 0 Å². The van der Waals surface area contributed by atoms with Crippen molar-refractivity contribution >= 4 is 5.69 Å². The van der Waals surface area contributed by atoms with E-state index in [-0.39, 0.29) is 25.3 Å². The third-order valence-electron chi connectivity index (χ3n) is 2.92. The Balaban J connectivity index is 2.07. The average molecular weight is 242 g/mol. The second-order valence-electron chi connectivity index (χ2n) is 4.24. The lowest BCUT2D eigenvalue weighted by molar-refractivity contribution is -0.384. The van der Waals surface area contributed by atoms with Gasteiger partial charge >= 0.3 is 0 Å². The molecule has 2 unspecified atom stereocenters. The summed E-state index contributed by atoms with van der Waals surface area (Å²) in [6, 6.07) is 1.38. The molecule has 2 atom stereocenters. The third-order valence-corrected chi connectivity index (χ3v) is 2.92. The summed E-state index contributed by atoms with van der Waals surface area (Å²) in [5.41, 5.74) is -1.05. The molecular weight excluding hydrogens is 228 g/mol. The lowest BCUT2D eigenvalue weighted by atomic mass is 9.99. The molecule has 1 saturated heterocycles. The number of rotatable bonds is 4. The fourth-order valence-electron chi connectivity index (χ4n) is 1.96. The lowest BCUT2D eigenvalue weighted by Crippen LogP contribution is -2.30. The van der Waals surface area contributed by atoms with Crippen molar-refractivity contribution in [2.24, 2.45) is 0 Å². The average Bonchev–Trinajstić information content (AvgIpc) is 2.84. The molecule has 0 aromatic carbocycles. The lowest BCUT2D eigenvalue weighted by Gasteiger charge is -2.18. The van der Waals surface area contributed by atoms with Crippen molar-refractivity contribution < 1.29 is 19.9 Å². The van der Waals surface area contributed by atoms with Gasteiger partial charge in [-0.15, -0.1) is 0 Å². The molecule has 0 saturated carbocycles. The molecule has 1 aliphatic rings. The number of hydrogen-bond donors (Lipinski definition) is 2. The molecule has 1 aromatic rings. The first-order chi connectivity index (χ1) is 8.04. The Labute approximate surface area is 97.4 Å². The largest absolute Gasteiger partial charge is 0.396 e. The van der Waals surface area contributed by atoms with Crippen LogP contribution in [-0.4, -0.2) is 38.5 Å². The first kappa shape index (κ1) is 12.0. The molecular formula is C10H14N2O5. The number of hydrogen-bond acceptors (Lipinski definition) is 5. The summed E-state index contributed by atoms with van der Waals surface area (Å²) in [4.78, 5) is 10.0. The minimum atomic E-state index is -1.04. The molecule has 7 nitrogen and oxygen atoms in total. The van der Waals surface area contributed by atoms with Gasteiger partial charge in [-0.1, -0.05) is 0 Å². The minimum Gasteiger partial charge on any atom is -0.396 e. The smallest absolute Gasteiger partial charge is 0.286 e. The topological polar surface area (TPSA) is 97.8 Å². The van der Waals surface area contributed by atoms with Crippen LogP contribution in [0.5, 0.6) is 0 Å². The van der Waals surface area contributed by atoms with Gasteiger partial charge in [0.25, 0.3) is 5.69 Å². The summed E-state index contributed by atoms with van der Waals surface area (Å²) in [7, 11) is 0. The van der Waals surface area contributed by atoms with Crippen molar-refractivity contribution in [1.29, 1.82) is 0 Å². The van der Waals surface area contributed by atoms with Crippen LogP contribution in [0.25, 0.3) is 0 Å². The molecule has 1 fully saturated rings. The first-order valence-electron chi connectivity index (χ1n) is 5.31. The first-order valence-corrected chi connectivity index (χ1v) is 5.31. The number of aliphatic hydroxyl groups excluding tert-OH is 1. The SMILES string of the molecule is O=[N+]([O-])c1ccn(C2CC(O)(CCO)CO2)c1. The maximum absolute atomic E-state index is 10.5. The van der Waals surface area contributed by atoms with Crippen molar-refractivity contribution in [3.63, 3.8) is 0 Å². The molecule has 0 amide bonds. The Morgan fingerprint density at radius 3 is 3.06 bits per heavy atom. The van der Waals surface area contributed by atoms with E-state index < -0.39 is 16.8 Å². The van der Waals surface area contributed by atoms with Gasteiger partial charge in [-0.2, -0.15) is 0 Å². The van der Waals surface area contributed by atoms with Crippen LogP contribution in [0.2, 0.25) is 0 Å². The highest BCUT2D eigenvalue weighted by Gasteiger charge is 2.38. The van der Waals surface area contributed by atoms with E-state index in [1.165, 1.54) is 12.3 Å². The third kappa shape index (κ3) is 2.46. The van der Waals surface area contributed by atoms with Crippen LogP contribution in [0.15, 0.2) is 18.5 Å². The van der Waals surface area contributed by atoms with Crippen LogP contribution in [0.1, 0.15) is 19.1 Å². The zero-order valence-corrected chi connectivity index (χ0v) is 9.15. The van der Waals surface area contributed by atoms with E-state index in [4.69, 9.17) is 9.84 Å². The molecule has 0 spiro atoms. The van der Waals surface area contributed by atoms with Gasteiger partial charge in [0.2, 0.25) is 0 Å². The van der Waals surface area contributed by atoms with Gasteiger partial charge in [-0.05, 0) is 0 Å². The van der Waals surface area contributed by atoms with Crippen molar-refractivity contribution in [2.75, 3.05) is 13.2 Å². The minimum absolute atomic E-state index is 0.00815. The highest BCUT2D eigenvalue weighted by atomic mass is 16.6. The summed E-state index contributed by atoms with van der Waals surface area (Å²) < 4.78 is 6.94. The summed E-state index contributed by atoms with van der Waals surface area (Å²) in [5.74, 6) is 0. The van der Waals surface area contributed by atoms with Gasteiger partial charge in [0, 0.05) is 31.7 Å². The van der Waals surface area contributed by atoms with Crippen LogP contribution >= 0.6 is 0 Å². The monoisotopic (exact) mass is 242 g/mol. The fraction of sp³-hybridized carbons (Fsp3) is 0.600. The molecule has 94 valence electrons. The highest BCUT2D eigenvalue weighted by Crippen LogP contribution is 2.34. The van der Waals surface area contributed by atoms with E-state index in [2.05, 4.69) is 0 Å². The molecule has 2 heterocycles. The van der Waals surface area contributed by atoms with Crippen LogP contribution in [0.3, 0.4) is 0 Å². The Morgan fingerprint density at radius 2 is 2.47 bits per heavy atom. The standard InChI is InChI=1S/C10H14N2O5/c13-4-2-10(14)5-9(17-7-10)11-3-1-8(6-11)12(15)16/h1,3,6,9,13-14H,2,4-5,7H2. The Morgan fingerprint density at radius 1 is 1.71 bits per heavy atom. The maximum atomic E-state index is 10.5. The molecule has 17 heavy (non-hydrogen) atoms. The second kappa shape index (κ2) is 4.44.